The predicted molar refractivity (Wildman–Crippen MR) is 67.2 cm³/mol. The van der Waals surface area contributed by atoms with Crippen LogP contribution in [-0.2, 0) is 14.3 Å². The minimum Gasteiger partial charge on any atom is -0.481 e. The third-order valence-electron chi connectivity index (χ3n) is 3.69. The molecule has 0 aromatic rings. The maximum absolute atomic E-state index is 11.9. The van der Waals surface area contributed by atoms with Crippen molar-refractivity contribution in [3.8, 4) is 0 Å². The van der Waals surface area contributed by atoms with Crippen LogP contribution in [0.4, 0.5) is 0 Å². The molecule has 2 N–H and O–H groups in total. The van der Waals surface area contributed by atoms with Crippen LogP contribution < -0.4 is 5.32 Å². The Morgan fingerprint density at radius 3 is 2.17 bits per heavy atom. The second-order valence-electron chi connectivity index (χ2n) is 5.57. The molecule has 104 valence electrons. The fourth-order valence-corrected chi connectivity index (χ4v) is 2.12. The molecule has 1 fully saturated rings. The van der Waals surface area contributed by atoms with E-state index in [0.29, 0.717) is 32.2 Å². The summed E-state index contributed by atoms with van der Waals surface area (Å²) in [5.41, 5.74) is -0.367. The van der Waals surface area contributed by atoms with E-state index in [9.17, 15) is 9.59 Å². The number of methoxy groups -OCH3 is 1. The minimum atomic E-state index is -0.741. The van der Waals surface area contributed by atoms with Crippen LogP contribution in [0.1, 0.15) is 39.5 Å². The van der Waals surface area contributed by atoms with Crippen molar-refractivity contribution < 1.29 is 19.4 Å². The molecule has 0 atom stereocenters. The molecule has 0 bridgehead atoms. The summed E-state index contributed by atoms with van der Waals surface area (Å²) >= 11 is 0. The number of carbonyl (C=O) groups excluding carboxylic acids is 1. The molecular weight excluding hydrogens is 234 g/mol. The fraction of sp³-hybridized carbons (Fsp3) is 0.846. The van der Waals surface area contributed by atoms with Gasteiger partial charge in [0.1, 0.15) is 0 Å². The largest absolute Gasteiger partial charge is 0.481 e. The zero-order valence-corrected chi connectivity index (χ0v) is 11.4. The van der Waals surface area contributed by atoms with E-state index in [0.717, 1.165) is 0 Å². The van der Waals surface area contributed by atoms with Gasteiger partial charge in [-0.25, -0.2) is 0 Å². The molecule has 0 unspecified atom stereocenters. The molecule has 0 aromatic carbocycles. The van der Waals surface area contributed by atoms with Crippen molar-refractivity contribution >= 4 is 11.9 Å². The molecule has 0 heterocycles. The van der Waals surface area contributed by atoms with Crippen LogP contribution in [0.2, 0.25) is 0 Å². The van der Waals surface area contributed by atoms with Gasteiger partial charge in [-0.15, -0.1) is 0 Å². The fourth-order valence-electron chi connectivity index (χ4n) is 2.12. The molecule has 1 aliphatic rings. The number of ether oxygens (including phenoxy) is 1. The Balaban J connectivity index is 2.34. The van der Waals surface area contributed by atoms with Crippen molar-refractivity contribution in [2.24, 2.45) is 11.8 Å². The van der Waals surface area contributed by atoms with Crippen molar-refractivity contribution in [1.29, 1.82) is 0 Å². The molecule has 5 heteroatoms. The molecule has 18 heavy (non-hydrogen) atoms. The monoisotopic (exact) mass is 257 g/mol. The van der Waals surface area contributed by atoms with E-state index in [1.54, 1.807) is 7.11 Å². The van der Waals surface area contributed by atoms with Crippen molar-refractivity contribution in [1.82, 2.24) is 5.32 Å². The van der Waals surface area contributed by atoms with Gasteiger partial charge in [0.2, 0.25) is 5.91 Å². The highest BCUT2D eigenvalue weighted by Crippen LogP contribution is 2.29. The van der Waals surface area contributed by atoms with E-state index >= 15 is 0 Å². The topological polar surface area (TPSA) is 75.6 Å². The number of rotatable bonds is 5. The zero-order valence-electron chi connectivity index (χ0n) is 11.4. The SMILES string of the molecule is COC(C)(C)CNC(=O)C1CCC(C(=O)O)CC1. The number of amides is 1. The van der Waals surface area contributed by atoms with E-state index < -0.39 is 5.97 Å². The first kappa shape index (κ1) is 15.0. The molecule has 1 aliphatic carbocycles. The van der Waals surface area contributed by atoms with Gasteiger partial charge < -0.3 is 15.2 Å². The van der Waals surface area contributed by atoms with Crippen molar-refractivity contribution in [2.45, 2.75) is 45.1 Å². The summed E-state index contributed by atoms with van der Waals surface area (Å²) in [6.45, 7) is 4.30. The lowest BCUT2D eigenvalue weighted by Crippen LogP contribution is -2.43. The number of hydrogen-bond acceptors (Lipinski definition) is 3. The van der Waals surface area contributed by atoms with Gasteiger partial charge in [0.25, 0.3) is 0 Å². The standard InChI is InChI=1S/C13H23NO4/c1-13(2,18-3)8-14-11(15)9-4-6-10(7-5-9)12(16)17/h9-10H,4-8H2,1-3H3,(H,14,15)(H,16,17). The lowest BCUT2D eigenvalue weighted by atomic mass is 9.81. The number of hydrogen-bond donors (Lipinski definition) is 2. The Hall–Kier alpha value is -1.10. The Morgan fingerprint density at radius 1 is 1.22 bits per heavy atom. The number of aliphatic carboxylic acids is 1. The number of carboxylic acid groups (broad SMARTS) is 1. The second kappa shape index (κ2) is 6.18. The second-order valence-corrected chi connectivity index (χ2v) is 5.57. The van der Waals surface area contributed by atoms with Gasteiger partial charge in [-0.2, -0.15) is 0 Å². The van der Waals surface area contributed by atoms with Crippen LogP contribution in [0.3, 0.4) is 0 Å². The quantitative estimate of drug-likeness (QED) is 0.781. The normalized spacial score (nSPS) is 24.6. The molecule has 1 rings (SSSR count). The minimum absolute atomic E-state index is 0.0176. The predicted octanol–water partition coefficient (Wildman–Crippen LogP) is 1.42. The van der Waals surface area contributed by atoms with E-state index in [4.69, 9.17) is 9.84 Å². The van der Waals surface area contributed by atoms with E-state index in [1.807, 2.05) is 13.8 Å². The average Bonchev–Trinajstić information content (AvgIpc) is 2.36. The maximum Gasteiger partial charge on any atom is 0.306 e. The summed E-state index contributed by atoms with van der Waals surface area (Å²) < 4.78 is 5.23. The molecule has 0 spiro atoms. The van der Waals surface area contributed by atoms with Crippen molar-refractivity contribution in [2.75, 3.05) is 13.7 Å². The highest BCUT2D eigenvalue weighted by molar-refractivity contribution is 5.79. The van der Waals surface area contributed by atoms with Gasteiger partial charge in [0, 0.05) is 19.6 Å². The first-order valence-corrected chi connectivity index (χ1v) is 6.41. The molecule has 0 aromatic heterocycles. The molecule has 0 radical (unpaired) electrons. The first-order valence-electron chi connectivity index (χ1n) is 6.41. The highest BCUT2D eigenvalue weighted by atomic mass is 16.5. The van der Waals surface area contributed by atoms with Gasteiger partial charge in [-0.1, -0.05) is 0 Å². The zero-order chi connectivity index (χ0) is 13.8. The number of nitrogens with one attached hydrogen (secondary N) is 1. The summed E-state index contributed by atoms with van der Waals surface area (Å²) in [5.74, 6) is -1.05. The Labute approximate surface area is 108 Å². The molecule has 0 saturated heterocycles. The lowest BCUT2D eigenvalue weighted by Gasteiger charge is -2.28. The summed E-state index contributed by atoms with van der Waals surface area (Å²) in [6.07, 6.45) is 2.52. The van der Waals surface area contributed by atoms with E-state index in [1.165, 1.54) is 0 Å². The Morgan fingerprint density at radius 2 is 1.72 bits per heavy atom. The maximum atomic E-state index is 11.9. The third-order valence-corrected chi connectivity index (χ3v) is 3.69. The Bertz CT molecular complexity index is 306. The van der Waals surface area contributed by atoms with Gasteiger partial charge in [0.15, 0.2) is 0 Å². The lowest BCUT2D eigenvalue weighted by molar-refractivity contribution is -0.144. The van der Waals surface area contributed by atoms with Gasteiger partial charge in [-0.05, 0) is 39.5 Å². The van der Waals surface area contributed by atoms with Gasteiger partial charge in [0.05, 0.1) is 11.5 Å². The van der Waals surface area contributed by atoms with Crippen LogP contribution in [0.5, 0.6) is 0 Å². The van der Waals surface area contributed by atoms with Crippen molar-refractivity contribution in [3.05, 3.63) is 0 Å². The molecular formula is C13H23NO4. The van der Waals surface area contributed by atoms with Crippen LogP contribution >= 0.6 is 0 Å². The highest BCUT2D eigenvalue weighted by Gasteiger charge is 2.30. The van der Waals surface area contributed by atoms with Crippen LogP contribution in [0.15, 0.2) is 0 Å². The van der Waals surface area contributed by atoms with Crippen LogP contribution in [0.25, 0.3) is 0 Å². The third kappa shape index (κ3) is 4.29. The summed E-state index contributed by atoms with van der Waals surface area (Å²) in [6, 6.07) is 0. The summed E-state index contributed by atoms with van der Waals surface area (Å²) in [4.78, 5) is 22.7. The van der Waals surface area contributed by atoms with E-state index in [2.05, 4.69) is 5.32 Å². The van der Waals surface area contributed by atoms with Crippen molar-refractivity contribution in [3.63, 3.8) is 0 Å². The van der Waals surface area contributed by atoms with Crippen LogP contribution in [0, 0.1) is 11.8 Å². The summed E-state index contributed by atoms with van der Waals surface area (Å²) in [7, 11) is 1.62. The molecule has 1 amide bonds. The molecule has 0 aliphatic heterocycles. The smallest absolute Gasteiger partial charge is 0.306 e. The Kier molecular flexibility index (Phi) is 5.14. The molecule has 1 saturated carbocycles. The number of carbonyl (C=O) groups is 2. The summed E-state index contributed by atoms with van der Waals surface area (Å²) in [5, 5.41) is 11.8. The number of carboxylic acids is 1. The average molecular weight is 257 g/mol. The van der Waals surface area contributed by atoms with Crippen LogP contribution in [-0.4, -0.2) is 36.2 Å². The first-order chi connectivity index (χ1) is 8.35. The molecule has 5 nitrogen and oxygen atoms in total. The van der Waals surface area contributed by atoms with E-state index in [-0.39, 0.29) is 23.3 Å². The van der Waals surface area contributed by atoms with Gasteiger partial charge >= 0.3 is 5.97 Å². The van der Waals surface area contributed by atoms with Gasteiger partial charge in [-0.3, -0.25) is 9.59 Å².